The smallest absolute Gasteiger partial charge is 0.200 e. The number of fused-ring (bicyclic) bond motifs is 1. The van der Waals surface area contributed by atoms with Gasteiger partial charge in [0.15, 0.2) is 0 Å². The highest BCUT2D eigenvalue weighted by Crippen LogP contribution is 2.51. The second kappa shape index (κ2) is 9.42. The van der Waals surface area contributed by atoms with E-state index in [9.17, 15) is 4.79 Å². The molecule has 1 aliphatic heterocycles. The van der Waals surface area contributed by atoms with Crippen LogP contribution in [0.3, 0.4) is 0 Å². The molecular formula is C30H34FN5O2. The molecule has 6 rings (SSSR count). The standard InChI is InChI=1S/C30H34FN5O2/c1-18-6-5-7-36(14-18)15-22-9-24-27(37)25(16-38-28(24)20(3)26(22)31)21-8-23(13-32-12-21)30(10-19(2)11-30)29-34-33-17-35(29)4/h8-9,12-13,16-19H,5-7,10-11,14-15H2,1-4H3/t18-,19-,30+/m0/s1. The number of hydrogen-bond acceptors (Lipinski definition) is 6. The maximum Gasteiger partial charge on any atom is 0.200 e. The fourth-order valence-electron chi connectivity index (χ4n) is 6.71. The van der Waals surface area contributed by atoms with Crippen molar-refractivity contribution in [2.75, 3.05) is 13.1 Å². The summed E-state index contributed by atoms with van der Waals surface area (Å²) in [4.78, 5) is 20.6. The molecule has 1 atom stereocenters. The third-order valence-corrected chi connectivity index (χ3v) is 8.57. The second-order valence-electron chi connectivity index (χ2n) is 11.6. The van der Waals surface area contributed by atoms with Gasteiger partial charge in [0.1, 0.15) is 29.8 Å². The van der Waals surface area contributed by atoms with Crippen molar-refractivity contribution in [3.05, 3.63) is 75.7 Å². The number of aromatic nitrogens is 4. The SMILES string of the molecule is Cc1c(F)c(CN2CCC[C@H](C)C2)cc2c(=O)c(-c3cncc([C@]4(c5nncn5C)C[C@@H](C)C4)c3)coc12. The number of pyridine rings is 1. The Hall–Kier alpha value is -3.39. The zero-order valence-electron chi connectivity index (χ0n) is 22.5. The van der Waals surface area contributed by atoms with Crippen LogP contribution in [0.5, 0.6) is 0 Å². The summed E-state index contributed by atoms with van der Waals surface area (Å²) in [7, 11) is 1.96. The lowest BCUT2D eigenvalue weighted by molar-refractivity contribution is 0.175. The first kappa shape index (κ1) is 24.9. The molecule has 2 fully saturated rings. The van der Waals surface area contributed by atoms with Crippen molar-refractivity contribution >= 4 is 11.0 Å². The van der Waals surface area contributed by atoms with Gasteiger partial charge in [-0.05, 0) is 68.7 Å². The van der Waals surface area contributed by atoms with Crippen molar-refractivity contribution in [1.82, 2.24) is 24.6 Å². The molecule has 0 radical (unpaired) electrons. The van der Waals surface area contributed by atoms with Crippen LogP contribution < -0.4 is 5.43 Å². The summed E-state index contributed by atoms with van der Waals surface area (Å²) in [6.07, 6.45) is 10.9. The number of likely N-dealkylation sites (tertiary alicyclic amines) is 1. The van der Waals surface area contributed by atoms with Gasteiger partial charge in [0.25, 0.3) is 0 Å². The quantitative estimate of drug-likeness (QED) is 0.355. The molecule has 1 saturated carbocycles. The van der Waals surface area contributed by atoms with Crippen LogP contribution >= 0.6 is 0 Å². The number of rotatable bonds is 5. The molecule has 4 aromatic rings. The molecule has 38 heavy (non-hydrogen) atoms. The van der Waals surface area contributed by atoms with Gasteiger partial charge in [0.05, 0.1) is 16.4 Å². The Kier molecular flexibility index (Phi) is 6.17. The summed E-state index contributed by atoms with van der Waals surface area (Å²) in [5.41, 5.74) is 2.90. The van der Waals surface area contributed by atoms with Crippen molar-refractivity contribution in [3.8, 4) is 11.1 Å². The highest BCUT2D eigenvalue weighted by Gasteiger charge is 2.48. The molecule has 8 heteroatoms. The molecule has 7 nitrogen and oxygen atoms in total. The van der Waals surface area contributed by atoms with Gasteiger partial charge < -0.3 is 8.98 Å². The van der Waals surface area contributed by atoms with Gasteiger partial charge in [0, 0.05) is 49.2 Å². The van der Waals surface area contributed by atoms with Crippen LogP contribution in [0.1, 0.15) is 62.0 Å². The van der Waals surface area contributed by atoms with Gasteiger partial charge in [-0.1, -0.05) is 13.8 Å². The van der Waals surface area contributed by atoms with Crippen molar-refractivity contribution in [2.24, 2.45) is 18.9 Å². The van der Waals surface area contributed by atoms with Crippen LogP contribution in [0, 0.1) is 24.6 Å². The topological polar surface area (TPSA) is 77.1 Å². The first-order chi connectivity index (χ1) is 18.3. The monoisotopic (exact) mass is 515 g/mol. The Morgan fingerprint density at radius 1 is 1.18 bits per heavy atom. The number of aryl methyl sites for hydroxylation is 2. The first-order valence-electron chi connectivity index (χ1n) is 13.5. The van der Waals surface area contributed by atoms with Crippen LogP contribution in [-0.4, -0.2) is 37.7 Å². The van der Waals surface area contributed by atoms with E-state index in [1.807, 2.05) is 23.9 Å². The van der Waals surface area contributed by atoms with Crippen molar-refractivity contribution in [1.29, 1.82) is 0 Å². The van der Waals surface area contributed by atoms with E-state index in [0.717, 1.165) is 43.7 Å². The minimum atomic E-state index is -0.292. The predicted molar refractivity (Wildman–Crippen MR) is 144 cm³/mol. The fourth-order valence-corrected chi connectivity index (χ4v) is 6.71. The molecule has 0 N–H and O–H groups in total. The number of nitrogens with zero attached hydrogens (tertiary/aromatic N) is 5. The molecule has 1 aromatic carbocycles. The number of benzene rings is 1. The average molecular weight is 516 g/mol. The Bertz CT molecular complexity index is 1570. The third kappa shape index (κ3) is 4.06. The molecule has 1 saturated heterocycles. The van der Waals surface area contributed by atoms with Gasteiger partial charge in [-0.2, -0.15) is 0 Å². The molecule has 3 aromatic heterocycles. The summed E-state index contributed by atoms with van der Waals surface area (Å²) in [5.74, 6) is 1.76. The molecule has 0 amide bonds. The summed E-state index contributed by atoms with van der Waals surface area (Å²) in [5, 5.41) is 8.95. The minimum absolute atomic E-state index is 0.170. The van der Waals surface area contributed by atoms with Crippen molar-refractivity contribution in [2.45, 2.75) is 58.4 Å². The first-order valence-corrected chi connectivity index (χ1v) is 13.5. The molecule has 4 heterocycles. The van der Waals surface area contributed by atoms with Gasteiger partial charge in [0.2, 0.25) is 5.43 Å². The van der Waals surface area contributed by atoms with E-state index in [0.29, 0.717) is 51.6 Å². The van der Waals surface area contributed by atoms with Crippen LogP contribution in [-0.2, 0) is 19.0 Å². The summed E-state index contributed by atoms with van der Waals surface area (Å²) in [6, 6.07) is 3.72. The Balaban J connectivity index is 1.42. The van der Waals surface area contributed by atoms with E-state index in [1.165, 1.54) is 12.7 Å². The summed E-state index contributed by atoms with van der Waals surface area (Å²) < 4.78 is 23.2. The second-order valence-corrected chi connectivity index (χ2v) is 11.6. The van der Waals surface area contributed by atoms with Crippen molar-refractivity contribution < 1.29 is 8.81 Å². The zero-order chi connectivity index (χ0) is 26.6. The zero-order valence-corrected chi connectivity index (χ0v) is 22.5. The predicted octanol–water partition coefficient (Wildman–Crippen LogP) is 5.38. The van der Waals surface area contributed by atoms with E-state index in [1.54, 1.807) is 25.5 Å². The molecular weight excluding hydrogens is 481 g/mol. The largest absolute Gasteiger partial charge is 0.463 e. The van der Waals surface area contributed by atoms with Gasteiger partial charge in [-0.3, -0.25) is 14.7 Å². The van der Waals surface area contributed by atoms with Gasteiger partial charge in [-0.15, -0.1) is 10.2 Å². The number of hydrogen-bond donors (Lipinski definition) is 0. The van der Waals surface area contributed by atoms with E-state index >= 15 is 4.39 Å². The average Bonchev–Trinajstić information content (AvgIpc) is 3.31. The maximum absolute atomic E-state index is 15.4. The number of halogens is 1. The Morgan fingerprint density at radius 3 is 2.71 bits per heavy atom. The van der Waals surface area contributed by atoms with Crippen LogP contribution in [0.2, 0.25) is 0 Å². The lowest BCUT2D eigenvalue weighted by Gasteiger charge is -2.45. The van der Waals surface area contributed by atoms with Crippen LogP contribution in [0.25, 0.3) is 22.1 Å². The van der Waals surface area contributed by atoms with E-state index in [-0.39, 0.29) is 16.7 Å². The van der Waals surface area contributed by atoms with E-state index < -0.39 is 0 Å². The van der Waals surface area contributed by atoms with Gasteiger partial charge in [-0.25, -0.2) is 4.39 Å². The third-order valence-electron chi connectivity index (χ3n) is 8.57. The normalized spacial score (nSPS) is 24.0. The molecule has 2 aliphatic rings. The molecule has 198 valence electrons. The van der Waals surface area contributed by atoms with Gasteiger partial charge >= 0.3 is 0 Å². The van der Waals surface area contributed by atoms with Crippen LogP contribution in [0.4, 0.5) is 4.39 Å². The lowest BCUT2D eigenvalue weighted by Crippen LogP contribution is -2.43. The van der Waals surface area contributed by atoms with E-state index in [4.69, 9.17) is 4.42 Å². The highest BCUT2D eigenvalue weighted by molar-refractivity contribution is 5.84. The lowest BCUT2D eigenvalue weighted by atomic mass is 9.58. The summed E-state index contributed by atoms with van der Waals surface area (Å²) in [6.45, 7) is 8.53. The Morgan fingerprint density at radius 2 is 2.00 bits per heavy atom. The highest BCUT2D eigenvalue weighted by atomic mass is 19.1. The fraction of sp³-hybridized carbons (Fsp3) is 0.467. The van der Waals surface area contributed by atoms with Crippen LogP contribution in [0.15, 0.2) is 46.3 Å². The molecule has 0 spiro atoms. The molecule has 0 unspecified atom stereocenters. The summed E-state index contributed by atoms with van der Waals surface area (Å²) >= 11 is 0. The minimum Gasteiger partial charge on any atom is -0.463 e. The van der Waals surface area contributed by atoms with Crippen molar-refractivity contribution in [3.63, 3.8) is 0 Å². The number of piperidine rings is 1. The molecule has 1 aliphatic carbocycles. The molecule has 0 bridgehead atoms. The Labute approximate surface area is 221 Å². The maximum atomic E-state index is 15.4. The van der Waals surface area contributed by atoms with E-state index in [2.05, 4.69) is 33.9 Å².